The predicted octanol–water partition coefficient (Wildman–Crippen LogP) is 0.591. The molecule has 2 heterocycles. The lowest BCUT2D eigenvalue weighted by atomic mass is 10.2. The third kappa shape index (κ3) is 4.40. The van der Waals surface area contributed by atoms with Gasteiger partial charge in [-0.15, -0.1) is 0 Å². The molecule has 2 saturated heterocycles. The molecule has 0 radical (unpaired) electrons. The lowest BCUT2D eigenvalue weighted by molar-refractivity contribution is 0.278. The molecule has 0 saturated carbocycles. The third-order valence-corrected chi connectivity index (χ3v) is 7.03. The number of hydrogen-bond donors (Lipinski definition) is 1. The van der Waals surface area contributed by atoms with E-state index in [9.17, 15) is 8.42 Å². The van der Waals surface area contributed by atoms with Crippen molar-refractivity contribution in [3.05, 3.63) is 0 Å². The first kappa shape index (κ1) is 14.6. The van der Waals surface area contributed by atoms with Crippen LogP contribution in [0, 0.1) is 0 Å². The van der Waals surface area contributed by atoms with Gasteiger partial charge in [0.15, 0.2) is 9.84 Å². The highest BCUT2D eigenvalue weighted by molar-refractivity contribution is 7.99. The van der Waals surface area contributed by atoms with Crippen molar-refractivity contribution in [2.75, 3.05) is 43.9 Å². The zero-order valence-electron chi connectivity index (χ0n) is 11.1. The molecular formula is C12H24N2O2S2. The number of hydrogen-bond acceptors (Lipinski definition) is 5. The number of piperidine rings is 1. The lowest BCUT2D eigenvalue weighted by Gasteiger charge is -2.25. The van der Waals surface area contributed by atoms with Gasteiger partial charge in [0.25, 0.3) is 0 Å². The summed E-state index contributed by atoms with van der Waals surface area (Å²) in [6.07, 6.45) is 3.36. The Morgan fingerprint density at radius 3 is 2.61 bits per heavy atom. The Balaban J connectivity index is 1.64. The summed E-state index contributed by atoms with van der Waals surface area (Å²) in [6.45, 7) is 3.30. The summed E-state index contributed by atoms with van der Waals surface area (Å²) in [5, 5.41) is 4.18. The number of thioether (sulfide) groups is 1. The van der Waals surface area contributed by atoms with Crippen LogP contribution in [-0.4, -0.2) is 68.5 Å². The topological polar surface area (TPSA) is 49.4 Å². The SMILES string of the molecule is CN(CCSC1CCNCC1)C1CCS(=O)(=O)C1. The molecular weight excluding hydrogens is 268 g/mol. The van der Waals surface area contributed by atoms with E-state index >= 15 is 0 Å². The van der Waals surface area contributed by atoms with Crippen LogP contribution in [-0.2, 0) is 9.84 Å². The average Bonchev–Trinajstić information content (AvgIpc) is 2.71. The molecule has 6 heteroatoms. The Bertz CT molecular complexity index is 353. The van der Waals surface area contributed by atoms with E-state index in [0.29, 0.717) is 11.5 Å². The van der Waals surface area contributed by atoms with Crippen molar-refractivity contribution >= 4 is 21.6 Å². The van der Waals surface area contributed by atoms with E-state index in [4.69, 9.17) is 0 Å². The van der Waals surface area contributed by atoms with Crippen LogP contribution in [0.25, 0.3) is 0 Å². The van der Waals surface area contributed by atoms with Crippen LogP contribution < -0.4 is 5.32 Å². The van der Waals surface area contributed by atoms with Crippen LogP contribution in [0.4, 0.5) is 0 Å². The van der Waals surface area contributed by atoms with Gasteiger partial charge in [-0.1, -0.05) is 0 Å². The lowest BCUT2D eigenvalue weighted by Crippen LogP contribution is -2.35. The standard InChI is InChI=1S/C12H24N2O2S2/c1-14(11-4-9-18(15,16)10-11)7-8-17-12-2-5-13-6-3-12/h11-13H,2-10H2,1H3. The molecule has 0 aromatic rings. The molecule has 2 aliphatic rings. The normalized spacial score (nSPS) is 28.9. The Morgan fingerprint density at radius 2 is 2.00 bits per heavy atom. The summed E-state index contributed by atoms with van der Waals surface area (Å²) in [7, 11) is -0.679. The molecule has 0 spiro atoms. The van der Waals surface area contributed by atoms with Gasteiger partial charge in [-0.3, -0.25) is 0 Å². The molecule has 0 bridgehead atoms. The van der Waals surface area contributed by atoms with Crippen molar-refractivity contribution in [1.29, 1.82) is 0 Å². The van der Waals surface area contributed by atoms with Gasteiger partial charge in [-0.2, -0.15) is 11.8 Å². The molecule has 0 aliphatic carbocycles. The number of rotatable bonds is 5. The molecule has 1 N–H and O–H groups in total. The molecule has 0 aromatic carbocycles. The van der Waals surface area contributed by atoms with Crippen LogP contribution in [0.1, 0.15) is 19.3 Å². The molecule has 1 atom stereocenters. The zero-order valence-corrected chi connectivity index (χ0v) is 12.7. The first-order valence-electron chi connectivity index (χ1n) is 6.80. The average molecular weight is 292 g/mol. The van der Waals surface area contributed by atoms with E-state index in [1.165, 1.54) is 12.8 Å². The van der Waals surface area contributed by atoms with Gasteiger partial charge in [-0.25, -0.2) is 8.42 Å². The van der Waals surface area contributed by atoms with Crippen molar-refractivity contribution in [3.8, 4) is 0 Å². The predicted molar refractivity (Wildman–Crippen MR) is 78.0 cm³/mol. The maximum Gasteiger partial charge on any atom is 0.151 e. The maximum atomic E-state index is 11.4. The van der Waals surface area contributed by atoms with Crippen molar-refractivity contribution in [2.45, 2.75) is 30.6 Å². The molecule has 1 unspecified atom stereocenters. The van der Waals surface area contributed by atoms with Crippen LogP contribution in [0.15, 0.2) is 0 Å². The number of sulfone groups is 1. The van der Waals surface area contributed by atoms with Gasteiger partial charge in [-0.05, 0) is 39.4 Å². The van der Waals surface area contributed by atoms with Gasteiger partial charge in [0.2, 0.25) is 0 Å². The molecule has 2 aliphatic heterocycles. The molecule has 0 amide bonds. The highest BCUT2D eigenvalue weighted by Crippen LogP contribution is 2.21. The number of nitrogens with zero attached hydrogens (tertiary/aromatic N) is 1. The molecule has 0 aromatic heterocycles. The van der Waals surface area contributed by atoms with Crippen molar-refractivity contribution < 1.29 is 8.42 Å². The first-order valence-corrected chi connectivity index (χ1v) is 9.67. The van der Waals surface area contributed by atoms with Gasteiger partial charge >= 0.3 is 0 Å². The first-order chi connectivity index (χ1) is 8.57. The Morgan fingerprint density at radius 1 is 1.28 bits per heavy atom. The second-order valence-corrected chi connectivity index (χ2v) is 8.99. The zero-order chi connectivity index (χ0) is 13.0. The second kappa shape index (κ2) is 6.59. The minimum absolute atomic E-state index is 0.253. The maximum absolute atomic E-state index is 11.4. The van der Waals surface area contributed by atoms with E-state index in [2.05, 4.69) is 29.0 Å². The van der Waals surface area contributed by atoms with E-state index < -0.39 is 9.84 Å². The van der Waals surface area contributed by atoms with Crippen LogP contribution in [0.5, 0.6) is 0 Å². The highest BCUT2D eigenvalue weighted by atomic mass is 32.2. The smallest absolute Gasteiger partial charge is 0.151 e. The van der Waals surface area contributed by atoms with Gasteiger partial charge < -0.3 is 10.2 Å². The van der Waals surface area contributed by atoms with Gasteiger partial charge in [0, 0.05) is 23.6 Å². The van der Waals surface area contributed by atoms with Crippen LogP contribution >= 0.6 is 11.8 Å². The fraction of sp³-hybridized carbons (Fsp3) is 1.00. The molecule has 2 rings (SSSR count). The summed E-state index contributed by atoms with van der Waals surface area (Å²) in [5.74, 6) is 1.86. The Kier molecular flexibility index (Phi) is 5.35. The minimum atomic E-state index is -2.74. The molecule has 18 heavy (non-hydrogen) atoms. The quantitative estimate of drug-likeness (QED) is 0.804. The van der Waals surface area contributed by atoms with E-state index in [1.54, 1.807) is 0 Å². The Labute approximate surface area is 115 Å². The summed E-state index contributed by atoms with van der Waals surface area (Å²) >= 11 is 2.05. The van der Waals surface area contributed by atoms with E-state index in [-0.39, 0.29) is 6.04 Å². The van der Waals surface area contributed by atoms with Crippen molar-refractivity contribution in [2.24, 2.45) is 0 Å². The summed E-state index contributed by atoms with van der Waals surface area (Å²) in [4.78, 5) is 2.23. The molecule has 2 fully saturated rings. The van der Waals surface area contributed by atoms with Crippen LogP contribution in [0.2, 0.25) is 0 Å². The monoisotopic (exact) mass is 292 g/mol. The van der Waals surface area contributed by atoms with Crippen molar-refractivity contribution in [3.63, 3.8) is 0 Å². The van der Waals surface area contributed by atoms with Gasteiger partial charge in [0.05, 0.1) is 11.5 Å². The van der Waals surface area contributed by atoms with E-state index in [0.717, 1.165) is 37.1 Å². The number of nitrogens with one attached hydrogen (secondary N) is 1. The minimum Gasteiger partial charge on any atom is -0.317 e. The van der Waals surface area contributed by atoms with Gasteiger partial charge in [0.1, 0.15) is 0 Å². The fourth-order valence-corrected chi connectivity index (χ4v) is 5.73. The fourth-order valence-electron chi connectivity index (χ4n) is 2.63. The highest BCUT2D eigenvalue weighted by Gasteiger charge is 2.30. The summed E-state index contributed by atoms with van der Waals surface area (Å²) < 4.78 is 22.9. The third-order valence-electron chi connectivity index (χ3n) is 3.92. The molecule has 4 nitrogen and oxygen atoms in total. The van der Waals surface area contributed by atoms with Crippen molar-refractivity contribution in [1.82, 2.24) is 10.2 Å². The second-order valence-electron chi connectivity index (χ2n) is 5.36. The van der Waals surface area contributed by atoms with Crippen LogP contribution in [0.3, 0.4) is 0 Å². The largest absolute Gasteiger partial charge is 0.317 e. The summed E-state index contributed by atoms with van der Waals surface area (Å²) in [5.41, 5.74) is 0. The van der Waals surface area contributed by atoms with E-state index in [1.807, 2.05) is 0 Å². The summed E-state index contributed by atoms with van der Waals surface area (Å²) in [6, 6.07) is 0.253. The molecule has 106 valence electrons. The Hall–Kier alpha value is 0.220.